The molecule has 2 N–H and O–H groups in total. The minimum Gasteiger partial charge on any atom is -0.394 e. The zero-order valence-electron chi connectivity index (χ0n) is 11.1. The van der Waals surface area contributed by atoms with Gasteiger partial charge in [-0.1, -0.05) is 31.2 Å². The Bertz CT molecular complexity index is 355. The largest absolute Gasteiger partial charge is 0.394 e. The van der Waals surface area contributed by atoms with Crippen molar-refractivity contribution >= 4 is 0 Å². The van der Waals surface area contributed by atoms with Gasteiger partial charge >= 0.3 is 0 Å². The molecule has 0 aromatic heterocycles. The molecule has 0 unspecified atom stereocenters. The monoisotopic (exact) mass is 249 g/mol. The van der Waals surface area contributed by atoms with Crippen LogP contribution in [0.3, 0.4) is 0 Å². The minimum atomic E-state index is -0.151. The van der Waals surface area contributed by atoms with E-state index in [0.717, 1.165) is 39.0 Å². The molecule has 0 spiro atoms. The topological polar surface area (TPSA) is 41.5 Å². The molecule has 1 aromatic carbocycles. The van der Waals surface area contributed by atoms with Gasteiger partial charge in [0.1, 0.15) is 0 Å². The van der Waals surface area contributed by atoms with Gasteiger partial charge < -0.3 is 15.2 Å². The van der Waals surface area contributed by atoms with E-state index in [-0.39, 0.29) is 12.1 Å². The molecule has 0 saturated carbocycles. The SMILES string of the molecule is CCc1ccc(CNC2(CO)CCOCC2)cc1. The molecule has 1 aromatic rings. The number of hydrogen-bond acceptors (Lipinski definition) is 3. The van der Waals surface area contributed by atoms with Gasteiger partial charge in [0.15, 0.2) is 0 Å². The number of aliphatic hydroxyl groups excluding tert-OH is 1. The summed E-state index contributed by atoms with van der Waals surface area (Å²) in [5, 5.41) is 13.1. The van der Waals surface area contributed by atoms with Crippen molar-refractivity contribution < 1.29 is 9.84 Å². The number of ether oxygens (including phenoxy) is 1. The molecular formula is C15H23NO2. The fourth-order valence-corrected chi connectivity index (χ4v) is 2.34. The Balaban J connectivity index is 1.92. The van der Waals surface area contributed by atoms with Gasteiger partial charge in [-0.15, -0.1) is 0 Å². The van der Waals surface area contributed by atoms with Crippen molar-refractivity contribution in [3.05, 3.63) is 35.4 Å². The second kappa shape index (κ2) is 6.32. The molecule has 3 nitrogen and oxygen atoms in total. The van der Waals surface area contributed by atoms with Crippen LogP contribution in [0.2, 0.25) is 0 Å². The third-order valence-corrected chi connectivity index (χ3v) is 3.85. The Morgan fingerprint density at radius 1 is 1.17 bits per heavy atom. The number of aryl methyl sites for hydroxylation is 1. The fourth-order valence-electron chi connectivity index (χ4n) is 2.34. The quantitative estimate of drug-likeness (QED) is 0.837. The molecule has 100 valence electrons. The van der Waals surface area contributed by atoms with Crippen LogP contribution in [0.25, 0.3) is 0 Å². The van der Waals surface area contributed by atoms with Crippen LogP contribution in [0.15, 0.2) is 24.3 Å². The maximum Gasteiger partial charge on any atom is 0.0615 e. The molecule has 1 saturated heterocycles. The van der Waals surface area contributed by atoms with Crippen molar-refractivity contribution in [2.45, 2.75) is 38.3 Å². The minimum absolute atomic E-state index is 0.151. The number of rotatable bonds is 5. The van der Waals surface area contributed by atoms with Gasteiger partial charge in [0.2, 0.25) is 0 Å². The summed E-state index contributed by atoms with van der Waals surface area (Å²) in [7, 11) is 0. The van der Waals surface area contributed by atoms with Gasteiger partial charge in [0.05, 0.1) is 6.61 Å². The molecule has 0 atom stereocenters. The lowest BCUT2D eigenvalue weighted by molar-refractivity contribution is 0.0112. The number of aliphatic hydroxyl groups is 1. The summed E-state index contributed by atoms with van der Waals surface area (Å²) in [5.41, 5.74) is 2.48. The molecule has 1 aliphatic rings. The van der Waals surface area contributed by atoms with Crippen LogP contribution < -0.4 is 5.32 Å². The van der Waals surface area contributed by atoms with Crippen LogP contribution in [0.1, 0.15) is 30.9 Å². The predicted molar refractivity (Wildman–Crippen MR) is 72.5 cm³/mol. The molecule has 1 fully saturated rings. The van der Waals surface area contributed by atoms with Crippen molar-refractivity contribution in [1.29, 1.82) is 0 Å². The lowest BCUT2D eigenvalue weighted by Gasteiger charge is -2.36. The van der Waals surface area contributed by atoms with Crippen LogP contribution >= 0.6 is 0 Å². The Morgan fingerprint density at radius 2 is 1.78 bits per heavy atom. The van der Waals surface area contributed by atoms with Gasteiger partial charge in [-0.05, 0) is 30.4 Å². The van der Waals surface area contributed by atoms with E-state index in [1.54, 1.807) is 0 Å². The van der Waals surface area contributed by atoms with E-state index in [0.29, 0.717) is 0 Å². The van der Waals surface area contributed by atoms with E-state index in [9.17, 15) is 5.11 Å². The predicted octanol–water partition coefficient (Wildman–Crippen LogP) is 1.88. The first-order valence-corrected chi connectivity index (χ1v) is 6.79. The third-order valence-electron chi connectivity index (χ3n) is 3.85. The van der Waals surface area contributed by atoms with E-state index in [2.05, 4.69) is 36.5 Å². The van der Waals surface area contributed by atoms with Crippen molar-refractivity contribution in [2.75, 3.05) is 19.8 Å². The molecule has 3 heteroatoms. The fraction of sp³-hybridized carbons (Fsp3) is 0.600. The van der Waals surface area contributed by atoms with Crippen molar-refractivity contribution in [3.8, 4) is 0 Å². The zero-order valence-corrected chi connectivity index (χ0v) is 11.1. The van der Waals surface area contributed by atoms with E-state index in [1.807, 2.05) is 0 Å². The first-order chi connectivity index (χ1) is 8.78. The highest BCUT2D eigenvalue weighted by Crippen LogP contribution is 2.20. The summed E-state index contributed by atoms with van der Waals surface area (Å²) in [6.45, 7) is 4.63. The number of nitrogens with one attached hydrogen (secondary N) is 1. The second-order valence-corrected chi connectivity index (χ2v) is 5.07. The first kappa shape index (κ1) is 13.5. The van der Waals surface area contributed by atoms with Gasteiger partial charge in [-0.3, -0.25) is 0 Å². The lowest BCUT2D eigenvalue weighted by atomic mass is 9.90. The first-order valence-electron chi connectivity index (χ1n) is 6.79. The lowest BCUT2D eigenvalue weighted by Crippen LogP contribution is -2.51. The van der Waals surface area contributed by atoms with Gasteiger partial charge in [0, 0.05) is 25.3 Å². The van der Waals surface area contributed by atoms with Gasteiger partial charge in [-0.2, -0.15) is 0 Å². The molecule has 1 aliphatic heterocycles. The number of benzene rings is 1. The highest BCUT2D eigenvalue weighted by molar-refractivity contribution is 5.22. The Labute approximate surface area is 109 Å². The average Bonchev–Trinajstić information content (AvgIpc) is 2.47. The summed E-state index contributed by atoms with van der Waals surface area (Å²) in [6.07, 6.45) is 2.85. The van der Waals surface area contributed by atoms with Gasteiger partial charge in [0.25, 0.3) is 0 Å². The Morgan fingerprint density at radius 3 is 2.33 bits per heavy atom. The Kier molecular flexibility index (Phi) is 4.75. The van der Waals surface area contributed by atoms with Gasteiger partial charge in [-0.25, -0.2) is 0 Å². The molecule has 1 heterocycles. The average molecular weight is 249 g/mol. The maximum absolute atomic E-state index is 9.58. The summed E-state index contributed by atoms with van der Waals surface area (Å²) in [5.74, 6) is 0. The summed E-state index contributed by atoms with van der Waals surface area (Å²) < 4.78 is 5.36. The standard InChI is InChI=1S/C15H23NO2/c1-2-13-3-5-14(6-4-13)11-16-15(12-17)7-9-18-10-8-15/h3-6,16-17H,2,7-12H2,1H3. The normalized spacial score (nSPS) is 18.8. The molecule has 2 rings (SSSR count). The molecule has 0 amide bonds. The summed E-state index contributed by atoms with van der Waals surface area (Å²) >= 11 is 0. The van der Waals surface area contributed by atoms with Crippen LogP contribution in [0.5, 0.6) is 0 Å². The molecule has 18 heavy (non-hydrogen) atoms. The molecule has 0 bridgehead atoms. The molecule has 0 radical (unpaired) electrons. The summed E-state index contributed by atoms with van der Waals surface area (Å²) in [6, 6.07) is 8.67. The number of hydrogen-bond donors (Lipinski definition) is 2. The van der Waals surface area contributed by atoms with Crippen LogP contribution in [-0.2, 0) is 17.7 Å². The van der Waals surface area contributed by atoms with Crippen molar-refractivity contribution in [1.82, 2.24) is 5.32 Å². The van der Waals surface area contributed by atoms with E-state index in [1.165, 1.54) is 11.1 Å². The smallest absolute Gasteiger partial charge is 0.0615 e. The third kappa shape index (κ3) is 3.31. The van der Waals surface area contributed by atoms with Crippen LogP contribution in [0, 0.1) is 0 Å². The van der Waals surface area contributed by atoms with E-state index >= 15 is 0 Å². The molecular weight excluding hydrogens is 226 g/mol. The van der Waals surface area contributed by atoms with Crippen molar-refractivity contribution in [3.63, 3.8) is 0 Å². The zero-order chi connectivity index (χ0) is 12.8. The van der Waals surface area contributed by atoms with Crippen molar-refractivity contribution in [2.24, 2.45) is 0 Å². The van der Waals surface area contributed by atoms with Crippen LogP contribution in [-0.4, -0.2) is 30.5 Å². The maximum atomic E-state index is 9.58. The highest BCUT2D eigenvalue weighted by atomic mass is 16.5. The molecule has 0 aliphatic carbocycles. The second-order valence-electron chi connectivity index (χ2n) is 5.07. The van der Waals surface area contributed by atoms with E-state index in [4.69, 9.17) is 4.74 Å². The Hall–Kier alpha value is -0.900. The summed E-state index contributed by atoms with van der Waals surface area (Å²) in [4.78, 5) is 0. The van der Waals surface area contributed by atoms with Crippen LogP contribution in [0.4, 0.5) is 0 Å². The highest BCUT2D eigenvalue weighted by Gasteiger charge is 2.31. The van der Waals surface area contributed by atoms with E-state index < -0.39 is 0 Å².